The van der Waals surface area contributed by atoms with Gasteiger partial charge in [-0.2, -0.15) is 0 Å². The monoisotopic (exact) mass is 519 g/mol. The van der Waals surface area contributed by atoms with Crippen molar-refractivity contribution in [3.63, 3.8) is 0 Å². The average molecular weight is 519 g/mol. The smallest absolute Gasteiger partial charge is 0.407 e. The Kier molecular flexibility index (Phi) is 11.1. The van der Waals surface area contributed by atoms with Gasteiger partial charge < -0.3 is 25.4 Å². The minimum atomic E-state index is -0.482. The maximum atomic E-state index is 11.6. The molecule has 0 spiro atoms. The van der Waals surface area contributed by atoms with Gasteiger partial charge >= 0.3 is 6.09 Å². The number of amides is 1. The molecule has 3 N–H and O–H groups in total. The van der Waals surface area contributed by atoms with Gasteiger partial charge in [0, 0.05) is 38.9 Å². The number of pyridine rings is 1. The molecule has 9 heteroatoms. The largest absolute Gasteiger partial charge is 0.477 e. The van der Waals surface area contributed by atoms with E-state index in [4.69, 9.17) is 9.47 Å². The maximum absolute atomic E-state index is 11.6. The molecule has 0 radical (unpaired) electrons. The van der Waals surface area contributed by atoms with E-state index in [2.05, 4.69) is 25.9 Å². The number of halogens is 1. The molecule has 0 aromatic carbocycles. The van der Waals surface area contributed by atoms with Gasteiger partial charge in [0.05, 0.1) is 6.61 Å². The minimum Gasteiger partial charge on any atom is -0.477 e. The summed E-state index contributed by atoms with van der Waals surface area (Å²) in [6.07, 6.45) is 4.64. The molecule has 164 valence electrons. The number of hydrogen-bond acceptors (Lipinski definition) is 5. The van der Waals surface area contributed by atoms with Gasteiger partial charge in [-0.05, 0) is 57.6 Å². The summed E-state index contributed by atoms with van der Waals surface area (Å²) in [5.41, 5.74) is 0.597. The Bertz CT molecular complexity index is 660. The number of ether oxygens (including phenoxy) is 2. The standard InChI is InChI=1S/C20H33N5O3.HI/c1-20(2,3)28-19(26)24-10-5-9-23-18(21-4)25-13-16-8-11-22-17(12-16)27-14-15-6-7-15;/h8,11-12,15H,5-7,9-10,13-14H2,1-4H3,(H,24,26)(H2,21,23,25);1H. The Balaban J connectivity index is 0.00000420. The van der Waals surface area contributed by atoms with E-state index in [0.717, 1.165) is 18.6 Å². The molecule has 1 amide bonds. The number of rotatable bonds is 9. The van der Waals surface area contributed by atoms with E-state index in [0.29, 0.717) is 37.4 Å². The average Bonchev–Trinajstić information content (AvgIpc) is 3.45. The van der Waals surface area contributed by atoms with E-state index in [1.54, 1.807) is 13.2 Å². The van der Waals surface area contributed by atoms with Crippen molar-refractivity contribution in [3.05, 3.63) is 23.9 Å². The number of hydrogen-bond donors (Lipinski definition) is 3. The molecule has 0 atom stereocenters. The van der Waals surface area contributed by atoms with Crippen LogP contribution in [0.1, 0.15) is 45.6 Å². The summed E-state index contributed by atoms with van der Waals surface area (Å²) >= 11 is 0. The normalized spacial score (nSPS) is 13.9. The van der Waals surface area contributed by atoms with Crippen LogP contribution in [0.25, 0.3) is 0 Å². The first-order valence-corrected chi connectivity index (χ1v) is 9.85. The van der Waals surface area contributed by atoms with Crippen LogP contribution >= 0.6 is 24.0 Å². The predicted molar refractivity (Wildman–Crippen MR) is 125 cm³/mol. The van der Waals surface area contributed by atoms with Crippen LogP contribution in [0.5, 0.6) is 5.88 Å². The lowest BCUT2D eigenvalue weighted by molar-refractivity contribution is 0.0527. The molecule has 1 aromatic rings. The summed E-state index contributed by atoms with van der Waals surface area (Å²) in [6, 6.07) is 3.91. The van der Waals surface area contributed by atoms with Gasteiger partial charge in [0.1, 0.15) is 5.60 Å². The van der Waals surface area contributed by atoms with E-state index in [1.807, 2.05) is 32.9 Å². The zero-order valence-corrected chi connectivity index (χ0v) is 20.1. The van der Waals surface area contributed by atoms with Crippen molar-refractivity contribution < 1.29 is 14.3 Å². The highest BCUT2D eigenvalue weighted by atomic mass is 127. The Morgan fingerprint density at radius 1 is 1.24 bits per heavy atom. The number of nitrogens with zero attached hydrogens (tertiary/aromatic N) is 2. The molecule has 0 unspecified atom stereocenters. The molecular formula is C20H34IN5O3. The quantitative estimate of drug-likeness (QED) is 0.201. The van der Waals surface area contributed by atoms with Crippen molar-refractivity contribution in [2.24, 2.45) is 10.9 Å². The fourth-order valence-electron chi connectivity index (χ4n) is 2.33. The van der Waals surface area contributed by atoms with Crippen molar-refractivity contribution in [3.8, 4) is 5.88 Å². The van der Waals surface area contributed by atoms with Crippen LogP contribution in [-0.4, -0.2) is 49.4 Å². The van der Waals surface area contributed by atoms with E-state index in [1.165, 1.54) is 12.8 Å². The number of nitrogens with one attached hydrogen (secondary N) is 3. The van der Waals surface area contributed by atoms with Crippen molar-refractivity contribution in [1.82, 2.24) is 20.9 Å². The highest BCUT2D eigenvalue weighted by Crippen LogP contribution is 2.29. The fourth-order valence-corrected chi connectivity index (χ4v) is 2.33. The Labute approximate surface area is 190 Å². The molecule has 1 saturated carbocycles. The lowest BCUT2D eigenvalue weighted by atomic mass is 10.2. The summed E-state index contributed by atoms with van der Waals surface area (Å²) < 4.78 is 10.9. The number of carbonyl (C=O) groups is 1. The Morgan fingerprint density at radius 3 is 2.62 bits per heavy atom. The first kappa shape index (κ1) is 25.3. The molecule has 29 heavy (non-hydrogen) atoms. The first-order chi connectivity index (χ1) is 13.4. The van der Waals surface area contributed by atoms with Gasteiger partial charge in [0.25, 0.3) is 0 Å². The minimum absolute atomic E-state index is 0. The zero-order chi connectivity index (χ0) is 20.4. The zero-order valence-electron chi connectivity index (χ0n) is 17.8. The lowest BCUT2D eigenvalue weighted by Gasteiger charge is -2.19. The third-order valence-corrected chi connectivity index (χ3v) is 3.96. The van der Waals surface area contributed by atoms with Gasteiger partial charge in [-0.15, -0.1) is 24.0 Å². The number of alkyl carbamates (subject to hydrolysis) is 1. The summed E-state index contributed by atoms with van der Waals surface area (Å²) in [5, 5.41) is 9.23. The summed E-state index contributed by atoms with van der Waals surface area (Å²) in [6.45, 7) is 8.12. The Morgan fingerprint density at radius 2 is 1.97 bits per heavy atom. The van der Waals surface area contributed by atoms with Gasteiger partial charge in [-0.1, -0.05) is 0 Å². The van der Waals surface area contributed by atoms with Crippen LogP contribution in [0.15, 0.2) is 23.3 Å². The predicted octanol–water partition coefficient (Wildman–Crippen LogP) is 3.07. The van der Waals surface area contributed by atoms with Gasteiger partial charge in [-0.3, -0.25) is 4.99 Å². The number of aromatic nitrogens is 1. The fraction of sp³-hybridized carbons (Fsp3) is 0.650. The molecule has 1 aliphatic rings. The number of guanidine groups is 1. The van der Waals surface area contributed by atoms with Crippen molar-refractivity contribution in [2.45, 2.75) is 52.2 Å². The molecule has 0 aliphatic heterocycles. The van der Waals surface area contributed by atoms with Crippen LogP contribution in [0, 0.1) is 5.92 Å². The van der Waals surface area contributed by atoms with Crippen LogP contribution < -0.4 is 20.7 Å². The van der Waals surface area contributed by atoms with Gasteiger partial charge in [0.2, 0.25) is 5.88 Å². The maximum Gasteiger partial charge on any atom is 0.407 e. The molecule has 1 heterocycles. The lowest BCUT2D eigenvalue weighted by Crippen LogP contribution is -2.39. The Hall–Kier alpha value is -1.78. The summed E-state index contributed by atoms with van der Waals surface area (Å²) in [7, 11) is 1.73. The van der Waals surface area contributed by atoms with E-state index < -0.39 is 11.7 Å². The molecule has 2 rings (SSSR count). The first-order valence-electron chi connectivity index (χ1n) is 9.85. The topological polar surface area (TPSA) is 96.9 Å². The molecule has 8 nitrogen and oxygen atoms in total. The number of carbonyl (C=O) groups excluding carboxylic acids is 1. The van der Waals surface area contributed by atoms with Gasteiger partial charge in [-0.25, -0.2) is 9.78 Å². The molecule has 1 aliphatic carbocycles. The third kappa shape index (κ3) is 11.7. The van der Waals surface area contributed by atoms with Crippen molar-refractivity contribution in [1.29, 1.82) is 0 Å². The van der Waals surface area contributed by atoms with Crippen LogP contribution in [0.4, 0.5) is 4.79 Å². The van der Waals surface area contributed by atoms with Crippen molar-refractivity contribution in [2.75, 3.05) is 26.7 Å². The van der Waals surface area contributed by atoms with E-state index >= 15 is 0 Å². The second kappa shape index (κ2) is 12.7. The summed E-state index contributed by atoms with van der Waals surface area (Å²) in [4.78, 5) is 20.0. The summed E-state index contributed by atoms with van der Waals surface area (Å²) in [5.74, 6) is 2.08. The van der Waals surface area contributed by atoms with Crippen LogP contribution in [0.3, 0.4) is 0 Å². The third-order valence-electron chi connectivity index (χ3n) is 3.96. The van der Waals surface area contributed by atoms with Crippen molar-refractivity contribution >= 4 is 36.0 Å². The van der Waals surface area contributed by atoms with Crippen LogP contribution in [0.2, 0.25) is 0 Å². The number of aliphatic imine (C=N–C) groups is 1. The van der Waals surface area contributed by atoms with Crippen LogP contribution in [-0.2, 0) is 11.3 Å². The highest BCUT2D eigenvalue weighted by molar-refractivity contribution is 14.0. The molecule has 0 saturated heterocycles. The molecular weight excluding hydrogens is 485 g/mol. The molecule has 1 aromatic heterocycles. The second-order valence-corrected chi connectivity index (χ2v) is 7.89. The van der Waals surface area contributed by atoms with Gasteiger partial charge in [0.15, 0.2) is 5.96 Å². The van der Waals surface area contributed by atoms with E-state index in [9.17, 15) is 4.79 Å². The molecule has 1 fully saturated rings. The van der Waals surface area contributed by atoms with E-state index in [-0.39, 0.29) is 24.0 Å². The SMILES string of the molecule is CN=C(NCCCNC(=O)OC(C)(C)C)NCc1ccnc(OCC2CC2)c1.I. The molecule has 0 bridgehead atoms. The highest BCUT2D eigenvalue weighted by Gasteiger charge is 2.22. The second-order valence-electron chi connectivity index (χ2n) is 7.89.